The number of thioether (sulfide) groups is 1. The Morgan fingerprint density at radius 1 is 0.930 bits per heavy atom. The second kappa shape index (κ2) is 11.2. The van der Waals surface area contributed by atoms with Crippen LogP contribution in [0.15, 0.2) is 106 Å². The Kier molecular flexibility index (Phi) is 7.46. The van der Waals surface area contributed by atoms with Gasteiger partial charge in [-0.15, -0.1) is 0 Å². The quantitative estimate of drug-likeness (QED) is 0.109. The van der Waals surface area contributed by atoms with Crippen LogP contribution in [0, 0.1) is 6.92 Å². The molecule has 0 spiro atoms. The number of rotatable bonds is 6. The summed E-state index contributed by atoms with van der Waals surface area (Å²) >= 11 is 7.97. The van der Waals surface area contributed by atoms with E-state index in [1.54, 1.807) is 41.3 Å². The van der Waals surface area contributed by atoms with Crippen LogP contribution < -0.4 is 9.64 Å². The van der Waals surface area contributed by atoms with E-state index in [0.717, 1.165) is 16.1 Å². The zero-order valence-corrected chi connectivity index (χ0v) is 25.2. The van der Waals surface area contributed by atoms with Gasteiger partial charge < -0.3 is 9.15 Å². The van der Waals surface area contributed by atoms with Gasteiger partial charge in [0.25, 0.3) is 0 Å². The molecule has 2 heterocycles. The highest BCUT2D eigenvalue weighted by Crippen LogP contribution is 2.59. The summed E-state index contributed by atoms with van der Waals surface area (Å²) in [7, 11) is 0. The summed E-state index contributed by atoms with van der Waals surface area (Å²) in [5.41, 5.74) is 3.54. The molecule has 8 heteroatoms. The van der Waals surface area contributed by atoms with E-state index in [0.29, 0.717) is 32.7 Å². The number of ketones is 1. The third kappa shape index (κ3) is 5.05. The summed E-state index contributed by atoms with van der Waals surface area (Å²) in [5, 5.41) is 1.21. The van der Waals surface area contributed by atoms with Crippen molar-refractivity contribution in [1.29, 1.82) is 0 Å². The molecular weight excluding hydrogens is 582 g/mol. The third-order valence-corrected chi connectivity index (χ3v) is 9.09. The maximum atomic E-state index is 13.5. The van der Waals surface area contributed by atoms with E-state index in [2.05, 4.69) is 0 Å². The molecule has 0 N–H and O–H groups in total. The van der Waals surface area contributed by atoms with Crippen LogP contribution in [0.25, 0.3) is 17.0 Å². The van der Waals surface area contributed by atoms with E-state index in [1.165, 1.54) is 25.6 Å². The smallest absolute Gasteiger partial charge is 0.308 e. The van der Waals surface area contributed by atoms with Gasteiger partial charge in [-0.05, 0) is 42.8 Å². The van der Waals surface area contributed by atoms with Crippen molar-refractivity contribution >= 4 is 63.8 Å². The molecule has 43 heavy (non-hydrogen) atoms. The SMILES string of the molecule is CC(=O)Oc1cc2oc(C(=O)c3ccccc3)c(C)c2cc1C1(/C=C/c2ccccc2Cl)Sc2ccccc2N1C(C)=O. The number of para-hydroxylation sites is 1. The van der Waals surface area contributed by atoms with Crippen LogP contribution in [-0.4, -0.2) is 17.7 Å². The van der Waals surface area contributed by atoms with E-state index in [4.69, 9.17) is 20.8 Å². The summed E-state index contributed by atoms with van der Waals surface area (Å²) in [5.74, 6) is -0.601. The zero-order valence-electron chi connectivity index (χ0n) is 23.6. The van der Waals surface area contributed by atoms with Crippen LogP contribution in [0.1, 0.15) is 46.7 Å². The van der Waals surface area contributed by atoms with Gasteiger partial charge in [-0.2, -0.15) is 0 Å². The molecule has 0 fully saturated rings. The van der Waals surface area contributed by atoms with Crippen molar-refractivity contribution in [1.82, 2.24) is 0 Å². The van der Waals surface area contributed by atoms with Gasteiger partial charge in [-0.1, -0.05) is 90.1 Å². The van der Waals surface area contributed by atoms with Gasteiger partial charge in [0.05, 0.1) is 5.69 Å². The molecule has 0 saturated heterocycles. The Hall–Kier alpha value is -4.59. The Morgan fingerprint density at radius 3 is 2.35 bits per heavy atom. The molecule has 1 aromatic heterocycles. The molecule has 0 radical (unpaired) electrons. The Morgan fingerprint density at radius 2 is 1.63 bits per heavy atom. The number of hydrogen-bond donors (Lipinski definition) is 0. The average molecular weight is 608 g/mol. The molecule has 4 aromatic carbocycles. The Balaban J connectivity index is 1.63. The predicted octanol–water partition coefficient (Wildman–Crippen LogP) is 8.58. The van der Waals surface area contributed by atoms with Gasteiger partial charge in [-0.25, -0.2) is 0 Å². The summed E-state index contributed by atoms with van der Waals surface area (Å²) in [4.78, 5) is 40.7. The van der Waals surface area contributed by atoms with Gasteiger partial charge in [0.1, 0.15) is 16.2 Å². The molecule has 5 aromatic rings. The number of halogens is 1. The fraction of sp³-hybridized carbons (Fsp3) is 0.114. The highest BCUT2D eigenvalue weighted by Gasteiger charge is 2.48. The van der Waals surface area contributed by atoms with Crippen molar-refractivity contribution in [2.24, 2.45) is 0 Å². The van der Waals surface area contributed by atoms with Crippen LogP contribution in [0.4, 0.5) is 5.69 Å². The molecule has 1 atom stereocenters. The Bertz CT molecular complexity index is 1950. The highest BCUT2D eigenvalue weighted by molar-refractivity contribution is 8.01. The van der Waals surface area contributed by atoms with Crippen LogP contribution in [0.3, 0.4) is 0 Å². The number of esters is 1. The molecule has 1 unspecified atom stereocenters. The van der Waals surface area contributed by atoms with Crippen molar-refractivity contribution in [2.45, 2.75) is 30.5 Å². The van der Waals surface area contributed by atoms with Crippen molar-refractivity contribution in [2.75, 3.05) is 4.90 Å². The number of anilines is 1. The maximum absolute atomic E-state index is 13.5. The minimum absolute atomic E-state index is 0.193. The third-order valence-electron chi connectivity index (χ3n) is 7.33. The van der Waals surface area contributed by atoms with E-state index in [9.17, 15) is 14.4 Å². The van der Waals surface area contributed by atoms with Gasteiger partial charge in [0.15, 0.2) is 5.76 Å². The highest BCUT2D eigenvalue weighted by atomic mass is 35.5. The van der Waals surface area contributed by atoms with Crippen molar-refractivity contribution in [3.05, 3.63) is 130 Å². The summed E-state index contributed by atoms with van der Waals surface area (Å²) in [6.45, 7) is 4.64. The van der Waals surface area contributed by atoms with Gasteiger partial charge in [0.2, 0.25) is 11.7 Å². The van der Waals surface area contributed by atoms with Crippen LogP contribution in [0.2, 0.25) is 5.02 Å². The summed E-state index contributed by atoms with van der Waals surface area (Å²) < 4.78 is 11.9. The minimum atomic E-state index is -1.18. The molecular formula is C35H26ClNO5S. The van der Waals surface area contributed by atoms with E-state index < -0.39 is 10.8 Å². The number of furan rings is 1. The molecule has 6 rings (SSSR count). The first-order valence-corrected chi connectivity index (χ1v) is 14.8. The molecule has 0 bridgehead atoms. The van der Waals surface area contributed by atoms with Crippen molar-refractivity contribution in [3.63, 3.8) is 0 Å². The number of aryl methyl sites for hydroxylation is 1. The molecule has 0 saturated carbocycles. The molecule has 1 amide bonds. The maximum Gasteiger partial charge on any atom is 0.308 e. The molecule has 214 valence electrons. The number of amides is 1. The lowest BCUT2D eigenvalue weighted by Gasteiger charge is -2.36. The monoisotopic (exact) mass is 607 g/mol. The number of carbonyl (C=O) groups is 3. The molecule has 1 aliphatic rings. The zero-order chi connectivity index (χ0) is 30.3. The van der Waals surface area contributed by atoms with Crippen LogP contribution >= 0.6 is 23.4 Å². The number of hydrogen-bond acceptors (Lipinski definition) is 6. The lowest BCUT2D eigenvalue weighted by molar-refractivity contribution is -0.131. The van der Waals surface area contributed by atoms with Crippen LogP contribution in [0.5, 0.6) is 5.75 Å². The first-order chi connectivity index (χ1) is 20.7. The summed E-state index contributed by atoms with van der Waals surface area (Å²) in [6.07, 6.45) is 3.77. The summed E-state index contributed by atoms with van der Waals surface area (Å²) in [6, 6.07) is 27.4. The molecule has 6 nitrogen and oxygen atoms in total. The number of nitrogens with zero attached hydrogens (tertiary/aromatic N) is 1. The standard InChI is InChI=1S/C35H26ClNO5S/c1-21-26-19-27(31(41-23(3)39)20-30(26)42-34(21)33(40)25-12-5-4-6-13-25)35(18-17-24-11-7-8-14-28(24)36)37(22(2)38)29-15-9-10-16-32(29)43-35/h4-20H,1-3H3/b18-17+. The molecule has 0 aliphatic carbocycles. The number of carbonyl (C=O) groups excluding carboxylic acids is 3. The van der Waals surface area contributed by atoms with E-state index in [1.807, 2.05) is 73.7 Å². The first-order valence-electron chi connectivity index (χ1n) is 13.6. The number of benzene rings is 4. The molecule has 1 aliphatic heterocycles. The van der Waals surface area contributed by atoms with E-state index in [-0.39, 0.29) is 23.2 Å². The second-order valence-corrected chi connectivity index (χ2v) is 11.8. The van der Waals surface area contributed by atoms with Gasteiger partial charge in [0, 0.05) is 51.9 Å². The second-order valence-electron chi connectivity index (χ2n) is 10.2. The normalized spacial score (nSPS) is 16.0. The van der Waals surface area contributed by atoms with Crippen LogP contribution in [-0.2, 0) is 14.5 Å². The predicted molar refractivity (Wildman–Crippen MR) is 170 cm³/mol. The fourth-order valence-electron chi connectivity index (χ4n) is 5.41. The van der Waals surface area contributed by atoms with E-state index >= 15 is 0 Å². The topological polar surface area (TPSA) is 76.8 Å². The lowest BCUT2D eigenvalue weighted by atomic mass is 9.97. The Labute approximate surface area is 257 Å². The largest absolute Gasteiger partial charge is 0.452 e. The van der Waals surface area contributed by atoms with Gasteiger partial charge in [-0.3, -0.25) is 19.3 Å². The van der Waals surface area contributed by atoms with Gasteiger partial charge >= 0.3 is 5.97 Å². The fourth-order valence-corrected chi connectivity index (χ4v) is 7.08. The lowest BCUT2D eigenvalue weighted by Crippen LogP contribution is -2.43. The van der Waals surface area contributed by atoms with Crippen molar-refractivity contribution in [3.8, 4) is 5.75 Å². The number of fused-ring (bicyclic) bond motifs is 2. The average Bonchev–Trinajstić information content (AvgIpc) is 3.50. The minimum Gasteiger partial charge on any atom is -0.452 e. The number of ether oxygens (including phenoxy) is 1. The van der Waals surface area contributed by atoms with Crippen molar-refractivity contribution < 1.29 is 23.5 Å². The first kappa shape index (κ1) is 28.5.